The van der Waals surface area contributed by atoms with E-state index in [0.717, 1.165) is 50.4 Å². The van der Waals surface area contributed by atoms with Crippen LogP contribution in [0, 0.1) is 0 Å². The molecule has 0 aromatic carbocycles. The Kier molecular flexibility index (Phi) is 12.5. The van der Waals surface area contributed by atoms with E-state index < -0.39 is 0 Å². The third kappa shape index (κ3) is 13.7. The fourth-order valence-corrected chi connectivity index (χ4v) is 2.66. The van der Waals surface area contributed by atoms with Crippen LogP contribution in [0.25, 0.3) is 10.6 Å². The zero-order valence-corrected chi connectivity index (χ0v) is 19.4. The molecule has 0 bridgehead atoms. The van der Waals surface area contributed by atoms with Crippen LogP contribution < -0.4 is 0 Å². The van der Waals surface area contributed by atoms with Crippen molar-refractivity contribution in [3.63, 3.8) is 0 Å². The maximum absolute atomic E-state index is 4.75. The van der Waals surface area contributed by atoms with Gasteiger partial charge in [-0.05, 0) is 26.7 Å². The zero-order chi connectivity index (χ0) is 17.9. The molecule has 0 fully saturated rings. The molecular weight excluding hydrogens is 464 g/mol. The van der Waals surface area contributed by atoms with Gasteiger partial charge < -0.3 is 10.6 Å². The molecule has 1 rings (SSSR count). The van der Waals surface area contributed by atoms with E-state index in [-0.39, 0.29) is 11.1 Å². The molecule has 0 unspecified atom stereocenters. The molecule has 138 valence electrons. The van der Waals surface area contributed by atoms with Crippen molar-refractivity contribution in [1.29, 1.82) is 0 Å². The molecule has 0 N–H and O–H groups in total. The topological polar surface area (TPSA) is 52.9 Å². The number of nitrogens with zero attached hydrogens (tertiary/aromatic N) is 4. The van der Waals surface area contributed by atoms with Gasteiger partial charge in [0.05, 0.1) is 0 Å². The third-order valence-electron chi connectivity index (χ3n) is 3.42. The van der Waals surface area contributed by atoms with Crippen LogP contribution in [0.3, 0.4) is 0 Å². The van der Waals surface area contributed by atoms with Gasteiger partial charge >= 0.3 is 39.6 Å². The van der Waals surface area contributed by atoms with Crippen molar-refractivity contribution in [3.8, 4) is 0 Å². The molecule has 0 aliphatic carbocycles. The van der Waals surface area contributed by atoms with E-state index in [4.69, 9.17) is 10.6 Å². The molecule has 1 heterocycles. The van der Waals surface area contributed by atoms with Gasteiger partial charge in [-0.2, -0.15) is 0 Å². The van der Waals surface area contributed by atoms with Gasteiger partial charge in [-0.1, -0.05) is 27.7 Å². The Bertz CT molecular complexity index is 360. The summed E-state index contributed by atoms with van der Waals surface area (Å²) in [6.07, 6.45) is 1.83. The van der Waals surface area contributed by atoms with Crippen molar-refractivity contribution in [3.05, 3.63) is 10.6 Å². The first-order chi connectivity index (χ1) is 10.6. The van der Waals surface area contributed by atoms with Crippen LogP contribution in [0.15, 0.2) is 9.98 Å². The predicted molar refractivity (Wildman–Crippen MR) is 108 cm³/mol. The second-order valence-corrected chi connectivity index (χ2v) is 12.6. The van der Waals surface area contributed by atoms with E-state index in [1.165, 1.54) is 11.4 Å². The van der Waals surface area contributed by atoms with Gasteiger partial charge in [0.1, 0.15) is 0 Å². The third-order valence-corrected chi connectivity index (χ3v) is 3.42. The molecule has 0 aromatic rings. The fraction of sp³-hybridized carbons (Fsp3) is 0.875. The first kappa shape index (κ1) is 23.7. The molecule has 7 heteroatoms. The van der Waals surface area contributed by atoms with Crippen LogP contribution in [0.1, 0.15) is 54.4 Å². The number of halogens is 2. The van der Waals surface area contributed by atoms with Gasteiger partial charge in [0.2, 0.25) is 0 Å². The van der Waals surface area contributed by atoms with Gasteiger partial charge in [-0.15, -0.1) is 24.2 Å². The molecular formula is C16H30Br2FeN4-2. The molecule has 0 aromatic heterocycles. The van der Waals surface area contributed by atoms with Crippen LogP contribution in [0.2, 0.25) is 0 Å². The minimum absolute atomic E-state index is 0.0441. The molecule has 0 spiro atoms. The molecule has 0 saturated carbocycles. The van der Waals surface area contributed by atoms with Crippen LogP contribution in [0.5, 0.6) is 0 Å². The SMILES string of the molecule is CC1=NCC[N-]C(C)(C)CC(C)=NCC[N-]C(C)(C)C1.[Br][Fe][Br]. The number of aliphatic imine (C=N–C) groups is 2. The maximum atomic E-state index is 4.75. The molecule has 0 radical (unpaired) electrons. The minimum atomic E-state index is -0.0441. The Morgan fingerprint density at radius 2 is 1.13 bits per heavy atom. The van der Waals surface area contributed by atoms with Crippen LogP contribution in [-0.2, 0) is 11.3 Å². The molecule has 0 atom stereocenters. The van der Waals surface area contributed by atoms with Crippen molar-refractivity contribution >= 4 is 39.6 Å². The second-order valence-electron chi connectivity index (χ2n) is 7.03. The number of rotatable bonds is 0. The Labute approximate surface area is 162 Å². The summed E-state index contributed by atoms with van der Waals surface area (Å²) in [6.45, 7) is 16.0. The van der Waals surface area contributed by atoms with Crippen LogP contribution >= 0.6 is 28.2 Å². The van der Waals surface area contributed by atoms with Gasteiger partial charge in [0.25, 0.3) is 0 Å². The van der Waals surface area contributed by atoms with Gasteiger partial charge in [0, 0.05) is 24.5 Å². The first-order valence-electron chi connectivity index (χ1n) is 7.84. The van der Waals surface area contributed by atoms with E-state index in [2.05, 4.69) is 79.7 Å². The summed E-state index contributed by atoms with van der Waals surface area (Å²) in [5.74, 6) is 0. The number of hydrogen-bond acceptors (Lipinski definition) is 2. The van der Waals surface area contributed by atoms with Gasteiger partial charge in [-0.25, -0.2) is 0 Å². The average molecular weight is 494 g/mol. The van der Waals surface area contributed by atoms with Crippen molar-refractivity contribution in [2.75, 3.05) is 26.2 Å². The van der Waals surface area contributed by atoms with Crippen molar-refractivity contribution in [2.45, 2.75) is 65.5 Å². The van der Waals surface area contributed by atoms with Crippen molar-refractivity contribution in [1.82, 2.24) is 0 Å². The Morgan fingerprint density at radius 1 is 0.826 bits per heavy atom. The molecule has 1 aliphatic heterocycles. The Morgan fingerprint density at radius 3 is 1.43 bits per heavy atom. The summed E-state index contributed by atoms with van der Waals surface area (Å²) >= 11 is 7.00. The van der Waals surface area contributed by atoms with E-state index in [1.807, 2.05) is 0 Å². The van der Waals surface area contributed by atoms with Crippen LogP contribution in [0.4, 0.5) is 0 Å². The summed E-state index contributed by atoms with van der Waals surface area (Å²) in [7, 11) is 0. The van der Waals surface area contributed by atoms with E-state index in [1.54, 1.807) is 0 Å². The van der Waals surface area contributed by atoms with E-state index in [9.17, 15) is 0 Å². The molecule has 23 heavy (non-hydrogen) atoms. The summed E-state index contributed by atoms with van der Waals surface area (Å²) in [6, 6.07) is 0. The van der Waals surface area contributed by atoms with E-state index in [0.29, 0.717) is 0 Å². The monoisotopic (exact) mass is 492 g/mol. The fourth-order valence-electron chi connectivity index (χ4n) is 2.66. The van der Waals surface area contributed by atoms with Gasteiger partial charge in [-0.3, -0.25) is 9.98 Å². The normalized spacial score (nSPS) is 23.0. The van der Waals surface area contributed by atoms with Crippen molar-refractivity contribution in [2.24, 2.45) is 9.98 Å². The molecule has 0 amide bonds. The second kappa shape index (κ2) is 12.2. The summed E-state index contributed by atoms with van der Waals surface area (Å²) in [5, 5.41) is 9.51. The summed E-state index contributed by atoms with van der Waals surface area (Å²) < 4.78 is 0. The number of hydrogen-bond donors (Lipinski definition) is 0. The first-order valence-corrected chi connectivity index (χ1v) is 13.3. The summed E-state index contributed by atoms with van der Waals surface area (Å²) in [5.41, 5.74) is 2.25. The Hall–Kier alpha value is 0.739. The zero-order valence-electron chi connectivity index (χ0n) is 15.1. The molecule has 0 saturated heterocycles. The summed E-state index contributed by atoms with van der Waals surface area (Å²) in [4.78, 5) is 9.25. The van der Waals surface area contributed by atoms with Crippen LogP contribution in [-0.4, -0.2) is 48.7 Å². The molecule has 1 aliphatic rings. The predicted octanol–water partition coefficient (Wildman–Crippen LogP) is 5.70. The standard InChI is InChI=1S/C16H30N4.2BrH.Fe/c1-13-11-15(3,4)19-10-8-18-14(2)12-16(5,6)20-9-7-17-13;;;/h7-12H2,1-6H3;2*1H;/q-2;;;+2/p-2. The van der Waals surface area contributed by atoms with E-state index >= 15 is 0 Å². The van der Waals surface area contributed by atoms with Crippen molar-refractivity contribution < 1.29 is 11.3 Å². The Balaban J connectivity index is 0.00000149. The quantitative estimate of drug-likeness (QED) is 0.389. The van der Waals surface area contributed by atoms with Gasteiger partial charge in [0.15, 0.2) is 0 Å². The molecule has 4 nitrogen and oxygen atoms in total. The average Bonchev–Trinajstić information content (AvgIpc) is 2.39.